The highest BCUT2D eigenvalue weighted by Crippen LogP contribution is 2.21. The Balaban J connectivity index is 1.37. The highest BCUT2D eigenvalue weighted by atomic mass is 16.2. The SMILES string of the molecule is O=C(N[C@@H]1CCc2nccn2C1)[C@H]1CCCN1Cc1ccccc1. The van der Waals surface area contributed by atoms with Crippen LogP contribution in [-0.4, -0.2) is 39.0 Å². The summed E-state index contributed by atoms with van der Waals surface area (Å²) in [7, 11) is 0. The van der Waals surface area contributed by atoms with Gasteiger partial charge in [0.05, 0.1) is 6.04 Å². The van der Waals surface area contributed by atoms with Crippen LogP contribution < -0.4 is 5.32 Å². The van der Waals surface area contributed by atoms with Gasteiger partial charge in [-0.2, -0.15) is 0 Å². The van der Waals surface area contributed by atoms with Gasteiger partial charge in [0.1, 0.15) is 5.82 Å². The van der Waals surface area contributed by atoms with Crippen molar-refractivity contribution in [1.82, 2.24) is 19.8 Å². The first-order chi connectivity index (χ1) is 11.8. The fraction of sp³-hybridized carbons (Fsp3) is 0.474. The minimum Gasteiger partial charge on any atom is -0.350 e. The van der Waals surface area contributed by atoms with Gasteiger partial charge in [-0.15, -0.1) is 0 Å². The zero-order chi connectivity index (χ0) is 16.4. The Morgan fingerprint density at radius 1 is 1.25 bits per heavy atom. The summed E-state index contributed by atoms with van der Waals surface area (Å²) in [5.74, 6) is 1.32. The predicted molar refractivity (Wildman–Crippen MR) is 92.4 cm³/mol. The molecule has 3 heterocycles. The molecule has 4 rings (SSSR count). The molecule has 1 aromatic carbocycles. The fourth-order valence-corrected chi connectivity index (χ4v) is 3.91. The maximum absolute atomic E-state index is 12.8. The van der Waals surface area contributed by atoms with E-state index in [9.17, 15) is 4.79 Å². The maximum atomic E-state index is 12.8. The average Bonchev–Trinajstić information content (AvgIpc) is 3.24. The summed E-state index contributed by atoms with van der Waals surface area (Å²) in [4.78, 5) is 19.5. The number of fused-ring (bicyclic) bond motifs is 1. The number of aryl methyl sites for hydroxylation is 1. The Labute approximate surface area is 142 Å². The number of hydrogen-bond acceptors (Lipinski definition) is 3. The third-order valence-corrected chi connectivity index (χ3v) is 5.18. The molecule has 2 aromatic rings. The van der Waals surface area contributed by atoms with Crippen molar-refractivity contribution in [2.75, 3.05) is 6.54 Å². The highest BCUT2D eigenvalue weighted by Gasteiger charge is 2.32. The molecule has 24 heavy (non-hydrogen) atoms. The van der Waals surface area contributed by atoms with Gasteiger partial charge in [-0.25, -0.2) is 4.98 Å². The Kier molecular flexibility index (Phi) is 4.34. The van der Waals surface area contributed by atoms with E-state index in [2.05, 4.69) is 44.0 Å². The van der Waals surface area contributed by atoms with E-state index in [1.54, 1.807) is 0 Å². The van der Waals surface area contributed by atoms with E-state index < -0.39 is 0 Å². The van der Waals surface area contributed by atoms with E-state index in [0.717, 1.165) is 51.1 Å². The molecule has 1 fully saturated rings. The van der Waals surface area contributed by atoms with E-state index in [-0.39, 0.29) is 18.0 Å². The van der Waals surface area contributed by atoms with Gasteiger partial charge in [0.25, 0.3) is 0 Å². The molecule has 0 saturated carbocycles. The van der Waals surface area contributed by atoms with E-state index >= 15 is 0 Å². The van der Waals surface area contributed by atoms with Crippen LogP contribution in [0.1, 0.15) is 30.7 Å². The molecule has 2 aliphatic rings. The summed E-state index contributed by atoms with van der Waals surface area (Å²) < 4.78 is 2.16. The Morgan fingerprint density at radius 2 is 2.12 bits per heavy atom. The number of aromatic nitrogens is 2. The number of amides is 1. The molecule has 5 heteroatoms. The van der Waals surface area contributed by atoms with Crippen LogP contribution in [0.15, 0.2) is 42.7 Å². The summed E-state index contributed by atoms with van der Waals surface area (Å²) in [5, 5.41) is 3.28. The highest BCUT2D eigenvalue weighted by molar-refractivity contribution is 5.82. The lowest BCUT2D eigenvalue weighted by Crippen LogP contribution is -2.49. The van der Waals surface area contributed by atoms with Crippen molar-refractivity contribution < 1.29 is 4.79 Å². The first kappa shape index (κ1) is 15.4. The first-order valence-corrected chi connectivity index (χ1v) is 8.88. The van der Waals surface area contributed by atoms with Crippen LogP contribution in [0.4, 0.5) is 0 Å². The number of benzene rings is 1. The molecule has 5 nitrogen and oxygen atoms in total. The topological polar surface area (TPSA) is 50.2 Å². The average molecular weight is 324 g/mol. The summed E-state index contributed by atoms with van der Waals surface area (Å²) >= 11 is 0. The lowest BCUT2D eigenvalue weighted by atomic mass is 10.1. The van der Waals surface area contributed by atoms with Crippen molar-refractivity contribution in [2.24, 2.45) is 0 Å². The van der Waals surface area contributed by atoms with Crippen LogP contribution in [0.2, 0.25) is 0 Å². The lowest BCUT2D eigenvalue weighted by Gasteiger charge is -2.29. The van der Waals surface area contributed by atoms with Crippen LogP contribution in [0.3, 0.4) is 0 Å². The second-order valence-electron chi connectivity index (χ2n) is 6.85. The third-order valence-electron chi connectivity index (χ3n) is 5.18. The Bertz CT molecular complexity index is 696. The zero-order valence-corrected chi connectivity index (χ0v) is 13.9. The Hall–Kier alpha value is -2.14. The monoisotopic (exact) mass is 324 g/mol. The summed E-state index contributed by atoms with van der Waals surface area (Å²) in [6.07, 6.45) is 7.83. The lowest BCUT2D eigenvalue weighted by molar-refractivity contribution is -0.126. The molecular formula is C19H24N4O. The van der Waals surface area contributed by atoms with Crippen molar-refractivity contribution in [2.45, 2.75) is 50.9 Å². The quantitative estimate of drug-likeness (QED) is 0.935. The fourth-order valence-electron chi connectivity index (χ4n) is 3.91. The van der Waals surface area contributed by atoms with Gasteiger partial charge in [0.15, 0.2) is 0 Å². The Morgan fingerprint density at radius 3 is 3.00 bits per heavy atom. The van der Waals surface area contributed by atoms with Crippen LogP contribution in [0.25, 0.3) is 0 Å². The van der Waals surface area contributed by atoms with Gasteiger partial charge in [-0.05, 0) is 31.4 Å². The second kappa shape index (κ2) is 6.77. The van der Waals surface area contributed by atoms with Crippen molar-refractivity contribution in [3.8, 4) is 0 Å². The maximum Gasteiger partial charge on any atom is 0.237 e. The van der Waals surface area contributed by atoms with E-state index in [4.69, 9.17) is 0 Å². The number of carbonyl (C=O) groups excluding carboxylic acids is 1. The molecule has 0 aliphatic carbocycles. The number of carbonyl (C=O) groups is 1. The molecule has 0 unspecified atom stereocenters. The number of imidazole rings is 1. The molecule has 1 amide bonds. The smallest absolute Gasteiger partial charge is 0.237 e. The van der Waals surface area contributed by atoms with Crippen molar-refractivity contribution >= 4 is 5.91 Å². The number of nitrogens with zero attached hydrogens (tertiary/aromatic N) is 3. The number of nitrogens with one attached hydrogen (secondary N) is 1. The summed E-state index contributed by atoms with van der Waals surface area (Å²) in [5.41, 5.74) is 1.28. The van der Waals surface area contributed by atoms with Crippen LogP contribution in [0.5, 0.6) is 0 Å². The van der Waals surface area contributed by atoms with Gasteiger partial charge < -0.3 is 9.88 Å². The molecule has 2 aliphatic heterocycles. The van der Waals surface area contributed by atoms with E-state index in [1.807, 2.05) is 18.5 Å². The van der Waals surface area contributed by atoms with Crippen molar-refractivity contribution in [3.05, 3.63) is 54.1 Å². The van der Waals surface area contributed by atoms with Crippen molar-refractivity contribution in [1.29, 1.82) is 0 Å². The molecule has 1 saturated heterocycles. The van der Waals surface area contributed by atoms with Crippen LogP contribution in [-0.2, 0) is 24.3 Å². The van der Waals surface area contributed by atoms with E-state index in [0.29, 0.717) is 0 Å². The minimum atomic E-state index is 0.00869. The summed E-state index contributed by atoms with van der Waals surface area (Å²) in [6, 6.07) is 10.7. The molecule has 0 radical (unpaired) electrons. The first-order valence-electron chi connectivity index (χ1n) is 8.88. The molecule has 1 aromatic heterocycles. The standard InChI is InChI=1S/C19H24N4O/c24-19(21-16-8-9-18-20-10-12-23(18)14-16)17-7-4-11-22(17)13-15-5-2-1-3-6-15/h1-3,5-6,10,12,16-17H,4,7-9,11,13-14H2,(H,21,24)/t16-,17-/m1/s1. The van der Waals surface area contributed by atoms with Crippen LogP contribution in [0, 0.1) is 0 Å². The van der Waals surface area contributed by atoms with Gasteiger partial charge in [0.2, 0.25) is 5.91 Å². The van der Waals surface area contributed by atoms with Crippen molar-refractivity contribution in [3.63, 3.8) is 0 Å². The third kappa shape index (κ3) is 3.22. The summed E-state index contributed by atoms with van der Waals surface area (Å²) in [6.45, 7) is 2.70. The molecule has 0 bridgehead atoms. The number of hydrogen-bond donors (Lipinski definition) is 1. The van der Waals surface area contributed by atoms with E-state index in [1.165, 1.54) is 5.56 Å². The predicted octanol–water partition coefficient (Wildman–Crippen LogP) is 1.98. The molecule has 0 spiro atoms. The van der Waals surface area contributed by atoms with Gasteiger partial charge >= 0.3 is 0 Å². The minimum absolute atomic E-state index is 0.00869. The number of likely N-dealkylation sites (tertiary alicyclic amines) is 1. The van der Waals surface area contributed by atoms with Crippen LogP contribution >= 0.6 is 0 Å². The molecule has 2 atom stereocenters. The number of rotatable bonds is 4. The molecule has 126 valence electrons. The van der Waals surface area contributed by atoms with Gasteiger partial charge in [-0.3, -0.25) is 9.69 Å². The van der Waals surface area contributed by atoms with Gasteiger partial charge in [-0.1, -0.05) is 30.3 Å². The molecular weight excluding hydrogens is 300 g/mol. The largest absolute Gasteiger partial charge is 0.350 e. The zero-order valence-electron chi connectivity index (χ0n) is 13.9. The van der Waals surface area contributed by atoms with Gasteiger partial charge in [0, 0.05) is 37.9 Å². The second-order valence-corrected chi connectivity index (χ2v) is 6.85. The normalized spacial score (nSPS) is 23.8. The molecule has 1 N–H and O–H groups in total.